The zero-order chi connectivity index (χ0) is 19.4. The lowest BCUT2D eigenvalue weighted by Gasteiger charge is -2.31. The van der Waals surface area contributed by atoms with Gasteiger partial charge in [-0.05, 0) is 52.0 Å². The van der Waals surface area contributed by atoms with Gasteiger partial charge in [0.2, 0.25) is 5.91 Å². The maximum absolute atomic E-state index is 13.0. The van der Waals surface area contributed by atoms with E-state index in [0.717, 1.165) is 22.6 Å². The van der Waals surface area contributed by atoms with Gasteiger partial charge in [0.25, 0.3) is 0 Å². The number of nitrogens with zero attached hydrogens (tertiary/aromatic N) is 3. The van der Waals surface area contributed by atoms with Crippen LogP contribution in [0.3, 0.4) is 0 Å². The van der Waals surface area contributed by atoms with E-state index in [1.165, 1.54) is 0 Å². The lowest BCUT2D eigenvalue weighted by atomic mass is 10.2. The zero-order valence-corrected chi connectivity index (χ0v) is 16.4. The molecule has 0 saturated heterocycles. The molecule has 1 heterocycles. The summed E-state index contributed by atoms with van der Waals surface area (Å²) in [7, 11) is 0. The van der Waals surface area contributed by atoms with Crippen LogP contribution in [0.5, 0.6) is 5.75 Å². The van der Waals surface area contributed by atoms with Crippen LogP contribution in [0.25, 0.3) is 11.0 Å². The Morgan fingerprint density at radius 2 is 1.63 bits per heavy atom. The van der Waals surface area contributed by atoms with Crippen LogP contribution < -0.4 is 4.74 Å². The molecule has 3 rings (SSSR count). The van der Waals surface area contributed by atoms with Gasteiger partial charge in [-0.3, -0.25) is 4.79 Å². The highest BCUT2D eigenvalue weighted by Crippen LogP contribution is 2.19. The van der Waals surface area contributed by atoms with E-state index in [1.807, 2.05) is 91.8 Å². The average molecular weight is 365 g/mol. The van der Waals surface area contributed by atoms with Gasteiger partial charge in [-0.25, -0.2) is 4.98 Å². The highest BCUT2D eigenvalue weighted by molar-refractivity contribution is 5.81. The second-order valence-electron chi connectivity index (χ2n) is 7.19. The Hall–Kier alpha value is -2.82. The number of hydrogen-bond donors (Lipinski definition) is 0. The Morgan fingerprint density at radius 3 is 2.30 bits per heavy atom. The molecule has 0 radical (unpaired) electrons. The summed E-state index contributed by atoms with van der Waals surface area (Å²) < 4.78 is 7.86. The van der Waals surface area contributed by atoms with Gasteiger partial charge < -0.3 is 14.2 Å². The summed E-state index contributed by atoms with van der Waals surface area (Å²) in [6.45, 7) is 8.75. The normalized spacial score (nSPS) is 11.3. The minimum absolute atomic E-state index is 0.0871. The van der Waals surface area contributed by atoms with Crippen molar-refractivity contribution in [1.29, 1.82) is 0 Å². The molecule has 1 aromatic heterocycles. The number of imidazole rings is 1. The number of amides is 1. The molecule has 5 nitrogen and oxygen atoms in total. The Bertz CT molecular complexity index is 892. The molecule has 0 unspecified atom stereocenters. The maximum atomic E-state index is 13.0. The van der Waals surface area contributed by atoms with Crippen LogP contribution in [-0.2, 0) is 17.9 Å². The van der Waals surface area contributed by atoms with E-state index in [-0.39, 0.29) is 24.5 Å². The third kappa shape index (κ3) is 4.30. The van der Waals surface area contributed by atoms with Crippen molar-refractivity contribution in [2.45, 2.75) is 52.9 Å². The molecule has 142 valence electrons. The van der Waals surface area contributed by atoms with E-state index in [1.54, 1.807) is 0 Å². The number of carbonyl (C=O) groups is 1. The van der Waals surface area contributed by atoms with Crippen LogP contribution in [0.15, 0.2) is 54.6 Å². The van der Waals surface area contributed by atoms with Crippen molar-refractivity contribution < 1.29 is 9.53 Å². The Morgan fingerprint density at radius 1 is 1.00 bits per heavy atom. The van der Waals surface area contributed by atoms with E-state index in [9.17, 15) is 4.79 Å². The van der Waals surface area contributed by atoms with Gasteiger partial charge in [0, 0.05) is 12.1 Å². The first-order valence-electron chi connectivity index (χ1n) is 9.40. The number of fused-ring (bicyclic) bond motifs is 1. The summed E-state index contributed by atoms with van der Waals surface area (Å²) in [5, 5.41) is 0. The number of carbonyl (C=O) groups excluding carboxylic acids is 1. The predicted molar refractivity (Wildman–Crippen MR) is 108 cm³/mol. The first-order valence-corrected chi connectivity index (χ1v) is 9.40. The summed E-state index contributed by atoms with van der Waals surface area (Å²) in [6.07, 6.45) is 0. The predicted octanol–water partition coefficient (Wildman–Crippen LogP) is 4.26. The number of rotatable bonds is 7. The van der Waals surface area contributed by atoms with E-state index in [4.69, 9.17) is 9.72 Å². The number of benzene rings is 2. The van der Waals surface area contributed by atoms with Crippen molar-refractivity contribution in [3.05, 3.63) is 60.4 Å². The standard InChI is InChI=1S/C22H27N3O2/c1-16(2)25(17(3)4)22(26)14-24-20-13-9-8-12-19(20)23-21(24)15-27-18-10-6-5-7-11-18/h5-13,16-17H,14-15H2,1-4H3. The SMILES string of the molecule is CC(C)N(C(=O)Cn1c(COc2ccccc2)nc2ccccc21)C(C)C. The monoisotopic (exact) mass is 365 g/mol. The summed E-state index contributed by atoms with van der Waals surface area (Å²) in [5.74, 6) is 1.62. The summed E-state index contributed by atoms with van der Waals surface area (Å²) >= 11 is 0. The Labute approximate surface area is 160 Å². The summed E-state index contributed by atoms with van der Waals surface area (Å²) in [4.78, 5) is 19.6. The number of hydrogen-bond acceptors (Lipinski definition) is 3. The molecule has 0 aliphatic heterocycles. The average Bonchev–Trinajstić information content (AvgIpc) is 2.98. The van der Waals surface area contributed by atoms with Gasteiger partial charge in [0.05, 0.1) is 11.0 Å². The molecule has 0 aliphatic rings. The van der Waals surface area contributed by atoms with E-state index >= 15 is 0 Å². The fraction of sp³-hybridized carbons (Fsp3) is 0.364. The molecule has 0 bridgehead atoms. The van der Waals surface area contributed by atoms with Crippen molar-refractivity contribution in [3.63, 3.8) is 0 Å². The molecule has 0 N–H and O–H groups in total. The van der Waals surface area contributed by atoms with Crippen molar-refractivity contribution in [1.82, 2.24) is 14.5 Å². The number of aromatic nitrogens is 2. The van der Waals surface area contributed by atoms with Crippen molar-refractivity contribution >= 4 is 16.9 Å². The molecule has 2 aromatic carbocycles. The van der Waals surface area contributed by atoms with Crippen molar-refractivity contribution in [3.8, 4) is 5.75 Å². The second-order valence-corrected chi connectivity index (χ2v) is 7.19. The molecule has 0 aliphatic carbocycles. The van der Waals surface area contributed by atoms with Crippen LogP contribution in [0, 0.1) is 0 Å². The van der Waals surface area contributed by atoms with Crippen LogP contribution >= 0.6 is 0 Å². The van der Waals surface area contributed by atoms with E-state index < -0.39 is 0 Å². The van der Waals surface area contributed by atoms with Crippen LogP contribution in [0.4, 0.5) is 0 Å². The molecule has 0 spiro atoms. The molecule has 1 amide bonds. The third-order valence-corrected chi connectivity index (χ3v) is 4.54. The first kappa shape index (κ1) is 19.0. The summed E-state index contributed by atoms with van der Waals surface area (Å²) in [5.41, 5.74) is 1.82. The van der Waals surface area contributed by atoms with Gasteiger partial charge >= 0.3 is 0 Å². The van der Waals surface area contributed by atoms with E-state index in [2.05, 4.69) is 0 Å². The van der Waals surface area contributed by atoms with Crippen LogP contribution in [0.2, 0.25) is 0 Å². The minimum Gasteiger partial charge on any atom is -0.486 e. The largest absolute Gasteiger partial charge is 0.486 e. The van der Waals surface area contributed by atoms with E-state index in [0.29, 0.717) is 6.61 Å². The molecule has 0 fully saturated rings. The lowest BCUT2D eigenvalue weighted by Crippen LogP contribution is -2.43. The maximum Gasteiger partial charge on any atom is 0.243 e. The smallest absolute Gasteiger partial charge is 0.243 e. The molecule has 0 atom stereocenters. The second kappa shape index (κ2) is 8.25. The molecular formula is C22H27N3O2. The Kier molecular flexibility index (Phi) is 5.79. The molecule has 3 aromatic rings. The van der Waals surface area contributed by atoms with Crippen molar-refractivity contribution in [2.24, 2.45) is 0 Å². The van der Waals surface area contributed by atoms with Gasteiger partial charge in [0.15, 0.2) is 0 Å². The fourth-order valence-electron chi connectivity index (χ4n) is 3.47. The molecule has 0 saturated carbocycles. The van der Waals surface area contributed by atoms with Crippen molar-refractivity contribution in [2.75, 3.05) is 0 Å². The van der Waals surface area contributed by atoms with Gasteiger partial charge in [-0.2, -0.15) is 0 Å². The number of ether oxygens (including phenoxy) is 1. The quantitative estimate of drug-likeness (QED) is 0.628. The Balaban J connectivity index is 1.89. The van der Waals surface area contributed by atoms with Gasteiger partial charge in [-0.1, -0.05) is 30.3 Å². The van der Waals surface area contributed by atoms with Crippen LogP contribution in [0.1, 0.15) is 33.5 Å². The molecule has 27 heavy (non-hydrogen) atoms. The first-order chi connectivity index (χ1) is 13.0. The highest BCUT2D eigenvalue weighted by atomic mass is 16.5. The van der Waals surface area contributed by atoms with Gasteiger partial charge in [0.1, 0.15) is 24.7 Å². The van der Waals surface area contributed by atoms with Crippen LogP contribution in [-0.4, -0.2) is 32.4 Å². The topological polar surface area (TPSA) is 47.4 Å². The molecular weight excluding hydrogens is 338 g/mol. The number of para-hydroxylation sites is 3. The summed E-state index contributed by atoms with van der Waals surface area (Å²) in [6, 6.07) is 17.8. The lowest BCUT2D eigenvalue weighted by molar-refractivity contribution is -0.135. The zero-order valence-electron chi connectivity index (χ0n) is 16.4. The van der Waals surface area contributed by atoms with Gasteiger partial charge in [-0.15, -0.1) is 0 Å². The minimum atomic E-state index is 0.0871. The highest BCUT2D eigenvalue weighted by Gasteiger charge is 2.22. The third-order valence-electron chi connectivity index (χ3n) is 4.54. The molecule has 5 heteroatoms. The fourth-order valence-corrected chi connectivity index (χ4v) is 3.47.